The number of likely N-dealkylation sites (N-methyl/N-ethyl adjacent to an activating group) is 1. The second-order valence-corrected chi connectivity index (χ2v) is 7.06. The van der Waals surface area contributed by atoms with E-state index in [1.165, 1.54) is 6.20 Å². The molecule has 2 aliphatic rings. The highest BCUT2D eigenvalue weighted by Crippen LogP contribution is 2.38. The lowest BCUT2D eigenvalue weighted by Gasteiger charge is -2.44. The molecule has 0 spiro atoms. The number of nitrogens with zero attached hydrogens (tertiary/aromatic N) is 7. The molecule has 1 saturated heterocycles. The van der Waals surface area contributed by atoms with Crippen LogP contribution in [0.2, 0.25) is 0 Å². The number of rotatable bonds is 4. The minimum atomic E-state index is -0.0633. The summed E-state index contributed by atoms with van der Waals surface area (Å²) in [4.78, 5) is 16.5. The van der Waals surface area contributed by atoms with Crippen molar-refractivity contribution < 1.29 is 9.32 Å². The first-order chi connectivity index (χ1) is 12.6. The molecule has 0 radical (unpaired) electrons. The van der Waals surface area contributed by atoms with Gasteiger partial charge >= 0.3 is 0 Å². The average Bonchev–Trinajstić information content (AvgIpc) is 3.21. The van der Waals surface area contributed by atoms with E-state index in [0.29, 0.717) is 17.2 Å². The summed E-state index contributed by atoms with van der Waals surface area (Å²) < 4.78 is 6.85. The van der Waals surface area contributed by atoms with Crippen LogP contribution in [0.15, 0.2) is 22.9 Å². The molecule has 1 amide bonds. The fourth-order valence-corrected chi connectivity index (χ4v) is 3.31. The Kier molecular flexibility index (Phi) is 3.25. The van der Waals surface area contributed by atoms with Crippen molar-refractivity contribution in [3.05, 3.63) is 35.5 Å². The third-order valence-corrected chi connectivity index (χ3v) is 5.25. The number of fused-ring (bicyclic) bond motifs is 1. The molecule has 0 N–H and O–H groups in total. The average molecular weight is 353 g/mol. The molecule has 1 aliphatic heterocycles. The van der Waals surface area contributed by atoms with E-state index < -0.39 is 0 Å². The predicted octanol–water partition coefficient (Wildman–Crippen LogP) is 1.26. The fraction of sp³-hybridized carbons (Fsp3) is 0.471. The SMILES string of the molecule is Cc1oncc1C(=O)N(C)C1CN(c2ccc3nnc(C4CC4)n3n2)C1. The van der Waals surface area contributed by atoms with E-state index in [-0.39, 0.29) is 11.9 Å². The van der Waals surface area contributed by atoms with Gasteiger partial charge in [-0.05, 0) is 31.9 Å². The molecular formula is C17H19N7O2. The summed E-state index contributed by atoms with van der Waals surface area (Å²) in [6.07, 6.45) is 3.80. The molecule has 0 unspecified atom stereocenters. The normalized spacial score (nSPS) is 17.5. The quantitative estimate of drug-likeness (QED) is 0.697. The van der Waals surface area contributed by atoms with E-state index in [4.69, 9.17) is 9.62 Å². The van der Waals surface area contributed by atoms with Crippen LogP contribution in [0, 0.1) is 6.92 Å². The molecule has 9 heteroatoms. The van der Waals surface area contributed by atoms with E-state index in [2.05, 4.69) is 20.3 Å². The highest BCUT2D eigenvalue weighted by Gasteiger charge is 2.35. The van der Waals surface area contributed by atoms with Gasteiger partial charge in [0, 0.05) is 26.1 Å². The first-order valence-corrected chi connectivity index (χ1v) is 8.77. The molecule has 2 fully saturated rings. The maximum atomic E-state index is 12.5. The first-order valence-electron chi connectivity index (χ1n) is 8.77. The smallest absolute Gasteiger partial charge is 0.259 e. The number of hydrogen-bond acceptors (Lipinski definition) is 7. The van der Waals surface area contributed by atoms with Crippen molar-refractivity contribution in [2.75, 3.05) is 25.0 Å². The maximum absolute atomic E-state index is 12.5. The van der Waals surface area contributed by atoms with Gasteiger partial charge in [-0.2, -0.15) is 4.52 Å². The number of aryl methyl sites for hydroxylation is 1. The molecule has 1 aliphatic carbocycles. The molecule has 134 valence electrons. The minimum absolute atomic E-state index is 0.0633. The monoisotopic (exact) mass is 353 g/mol. The van der Waals surface area contributed by atoms with E-state index in [0.717, 1.165) is 43.2 Å². The Labute approximate surface area is 149 Å². The number of carbonyl (C=O) groups excluding carboxylic acids is 1. The van der Waals surface area contributed by atoms with Crippen LogP contribution in [0.4, 0.5) is 5.82 Å². The zero-order valence-corrected chi connectivity index (χ0v) is 14.7. The van der Waals surface area contributed by atoms with Crippen LogP contribution in [0.5, 0.6) is 0 Å². The number of amides is 1. The van der Waals surface area contributed by atoms with Gasteiger partial charge in [0.25, 0.3) is 5.91 Å². The molecule has 0 aromatic carbocycles. The van der Waals surface area contributed by atoms with Crippen molar-refractivity contribution in [3.63, 3.8) is 0 Å². The number of aromatic nitrogens is 5. The zero-order valence-electron chi connectivity index (χ0n) is 14.7. The molecule has 4 heterocycles. The van der Waals surface area contributed by atoms with Gasteiger partial charge in [-0.3, -0.25) is 4.79 Å². The molecule has 3 aromatic rings. The molecule has 3 aromatic heterocycles. The molecule has 26 heavy (non-hydrogen) atoms. The third kappa shape index (κ3) is 2.34. The molecule has 1 saturated carbocycles. The Hall–Kier alpha value is -2.97. The topological polar surface area (TPSA) is 92.7 Å². The summed E-state index contributed by atoms with van der Waals surface area (Å²) in [6, 6.07) is 4.05. The van der Waals surface area contributed by atoms with Crippen LogP contribution in [0.25, 0.3) is 5.65 Å². The van der Waals surface area contributed by atoms with Gasteiger partial charge in [-0.25, -0.2) is 0 Å². The van der Waals surface area contributed by atoms with Crippen LogP contribution >= 0.6 is 0 Å². The van der Waals surface area contributed by atoms with Gasteiger partial charge in [0.2, 0.25) is 0 Å². The maximum Gasteiger partial charge on any atom is 0.259 e. The second kappa shape index (κ2) is 5.52. The van der Waals surface area contributed by atoms with Gasteiger partial charge in [0.1, 0.15) is 17.1 Å². The minimum Gasteiger partial charge on any atom is -0.361 e. The summed E-state index contributed by atoms with van der Waals surface area (Å²) in [6.45, 7) is 3.23. The van der Waals surface area contributed by atoms with Crippen molar-refractivity contribution >= 4 is 17.4 Å². The van der Waals surface area contributed by atoms with Gasteiger partial charge in [0.05, 0.1) is 12.2 Å². The fourth-order valence-electron chi connectivity index (χ4n) is 3.31. The molecule has 0 bridgehead atoms. The summed E-state index contributed by atoms with van der Waals surface area (Å²) >= 11 is 0. The highest BCUT2D eigenvalue weighted by atomic mass is 16.5. The van der Waals surface area contributed by atoms with E-state index in [9.17, 15) is 4.79 Å². The summed E-state index contributed by atoms with van der Waals surface area (Å²) in [5, 5.41) is 16.9. The number of hydrogen-bond donors (Lipinski definition) is 0. The zero-order chi connectivity index (χ0) is 17.8. The Bertz CT molecular complexity index is 984. The van der Waals surface area contributed by atoms with Gasteiger partial charge in [-0.1, -0.05) is 5.16 Å². The lowest BCUT2D eigenvalue weighted by atomic mass is 10.1. The third-order valence-electron chi connectivity index (χ3n) is 5.25. The predicted molar refractivity (Wildman–Crippen MR) is 92.1 cm³/mol. The Morgan fingerprint density at radius 3 is 2.77 bits per heavy atom. The molecule has 0 atom stereocenters. The number of anilines is 1. The summed E-state index contributed by atoms with van der Waals surface area (Å²) in [5.41, 5.74) is 1.30. The van der Waals surface area contributed by atoms with Crippen molar-refractivity contribution in [2.24, 2.45) is 0 Å². The Morgan fingerprint density at radius 1 is 1.27 bits per heavy atom. The van der Waals surface area contributed by atoms with Gasteiger partial charge in [-0.15, -0.1) is 15.3 Å². The van der Waals surface area contributed by atoms with Crippen molar-refractivity contribution in [1.82, 2.24) is 29.9 Å². The van der Waals surface area contributed by atoms with Crippen LogP contribution in [-0.2, 0) is 0 Å². The van der Waals surface area contributed by atoms with Crippen LogP contribution in [0.3, 0.4) is 0 Å². The molecular weight excluding hydrogens is 334 g/mol. The van der Waals surface area contributed by atoms with Gasteiger partial charge < -0.3 is 14.3 Å². The van der Waals surface area contributed by atoms with Crippen LogP contribution in [-0.4, -0.2) is 62.0 Å². The molecule has 9 nitrogen and oxygen atoms in total. The van der Waals surface area contributed by atoms with E-state index in [1.54, 1.807) is 11.8 Å². The van der Waals surface area contributed by atoms with Crippen molar-refractivity contribution in [1.29, 1.82) is 0 Å². The lowest BCUT2D eigenvalue weighted by molar-refractivity contribution is 0.0703. The standard InChI is InChI=1S/C17H19N7O2/c1-10-13(7-18-26-10)17(25)22(2)12-8-23(9-12)15-6-5-14-19-20-16(11-3-4-11)24(14)21-15/h5-7,11-12H,3-4,8-9H2,1-2H3. The van der Waals surface area contributed by atoms with E-state index in [1.807, 2.05) is 23.7 Å². The summed E-state index contributed by atoms with van der Waals surface area (Å²) in [7, 11) is 1.82. The summed E-state index contributed by atoms with van der Waals surface area (Å²) in [5.74, 6) is 2.82. The lowest BCUT2D eigenvalue weighted by Crippen LogP contribution is -2.60. The Balaban J connectivity index is 1.30. The first kappa shape index (κ1) is 15.3. The van der Waals surface area contributed by atoms with Crippen LogP contribution < -0.4 is 4.90 Å². The van der Waals surface area contributed by atoms with Gasteiger partial charge in [0.15, 0.2) is 11.5 Å². The van der Waals surface area contributed by atoms with E-state index >= 15 is 0 Å². The molecule has 5 rings (SSSR count). The highest BCUT2D eigenvalue weighted by molar-refractivity contribution is 5.95. The largest absolute Gasteiger partial charge is 0.361 e. The second-order valence-electron chi connectivity index (χ2n) is 7.06. The van der Waals surface area contributed by atoms with Crippen molar-refractivity contribution in [2.45, 2.75) is 31.7 Å². The Morgan fingerprint density at radius 2 is 2.08 bits per heavy atom. The number of carbonyl (C=O) groups is 1. The van der Waals surface area contributed by atoms with Crippen molar-refractivity contribution in [3.8, 4) is 0 Å². The van der Waals surface area contributed by atoms with Crippen LogP contribution in [0.1, 0.15) is 40.7 Å².